The summed E-state index contributed by atoms with van der Waals surface area (Å²) >= 11 is 0. The summed E-state index contributed by atoms with van der Waals surface area (Å²) in [6, 6.07) is 2.62. The van der Waals surface area contributed by atoms with Crippen LogP contribution in [0.5, 0.6) is 0 Å². The van der Waals surface area contributed by atoms with E-state index in [4.69, 9.17) is 5.73 Å². The van der Waals surface area contributed by atoms with Crippen LogP contribution in [0.2, 0.25) is 0 Å². The molecule has 0 spiro atoms. The Hall–Kier alpha value is -0.120. The van der Waals surface area contributed by atoms with Gasteiger partial charge in [0.1, 0.15) is 0 Å². The van der Waals surface area contributed by atoms with Crippen molar-refractivity contribution in [2.45, 2.75) is 76.0 Å². The van der Waals surface area contributed by atoms with Gasteiger partial charge in [-0.05, 0) is 39.2 Å². The summed E-state index contributed by atoms with van der Waals surface area (Å²) < 4.78 is 0. The highest BCUT2D eigenvalue weighted by atomic mass is 15.3. The van der Waals surface area contributed by atoms with Crippen molar-refractivity contribution in [3.8, 4) is 0 Å². The largest absolute Gasteiger partial charge is 0.326 e. The van der Waals surface area contributed by atoms with Crippen LogP contribution >= 0.6 is 0 Å². The van der Waals surface area contributed by atoms with Gasteiger partial charge in [0.05, 0.1) is 0 Å². The summed E-state index contributed by atoms with van der Waals surface area (Å²) in [5, 5.41) is 0. The summed E-state index contributed by atoms with van der Waals surface area (Å²) in [4.78, 5) is 5.50. The number of fused-ring (bicyclic) bond motifs is 1. The van der Waals surface area contributed by atoms with E-state index >= 15 is 0 Å². The Morgan fingerprint density at radius 3 is 2.56 bits per heavy atom. The number of piperidine rings is 1. The molecule has 18 heavy (non-hydrogen) atoms. The van der Waals surface area contributed by atoms with Crippen LogP contribution in [-0.2, 0) is 0 Å². The molecule has 2 saturated heterocycles. The summed E-state index contributed by atoms with van der Waals surface area (Å²) in [5.41, 5.74) is 6.38. The van der Waals surface area contributed by atoms with Crippen LogP contribution in [-0.4, -0.2) is 53.6 Å². The average molecular weight is 251 g/mol. The van der Waals surface area contributed by atoms with Gasteiger partial charge in [0.25, 0.3) is 0 Å². The maximum atomic E-state index is 6.38. The molecule has 0 aromatic rings. The van der Waals surface area contributed by atoms with Crippen molar-refractivity contribution in [3.63, 3.8) is 0 Å². The highest BCUT2D eigenvalue weighted by molar-refractivity contribution is 4.95. The molecule has 0 amide bonds. The van der Waals surface area contributed by atoms with Crippen molar-refractivity contribution in [1.29, 1.82) is 0 Å². The standard InChI is InChI=1S/C15H29N3/c1-12-10-17-9-5-4-6-13(17)11-18(12)15-8-3-2-7-14(15)16/h12-15H,2-11,16H2,1H3. The fraction of sp³-hybridized carbons (Fsp3) is 1.00. The first kappa shape index (κ1) is 12.9. The molecule has 1 saturated carbocycles. The molecule has 3 aliphatic rings. The summed E-state index contributed by atoms with van der Waals surface area (Å²) in [7, 11) is 0. The van der Waals surface area contributed by atoms with Crippen molar-refractivity contribution in [2.24, 2.45) is 5.73 Å². The van der Waals surface area contributed by atoms with E-state index in [1.807, 2.05) is 0 Å². The van der Waals surface area contributed by atoms with Gasteiger partial charge in [-0.1, -0.05) is 19.3 Å². The Balaban J connectivity index is 1.67. The van der Waals surface area contributed by atoms with E-state index in [0.29, 0.717) is 18.1 Å². The molecule has 0 aromatic carbocycles. The quantitative estimate of drug-likeness (QED) is 0.771. The highest BCUT2D eigenvalue weighted by Gasteiger charge is 2.38. The van der Waals surface area contributed by atoms with Gasteiger partial charge in [0.2, 0.25) is 0 Å². The van der Waals surface area contributed by atoms with Gasteiger partial charge < -0.3 is 5.73 Å². The van der Waals surface area contributed by atoms with Gasteiger partial charge in [0.15, 0.2) is 0 Å². The Morgan fingerprint density at radius 2 is 1.72 bits per heavy atom. The van der Waals surface area contributed by atoms with Gasteiger partial charge in [-0.3, -0.25) is 9.80 Å². The van der Waals surface area contributed by atoms with E-state index in [1.54, 1.807) is 0 Å². The Labute approximate surface area is 112 Å². The van der Waals surface area contributed by atoms with Gasteiger partial charge in [-0.15, -0.1) is 0 Å². The van der Waals surface area contributed by atoms with Crippen LogP contribution < -0.4 is 5.73 Å². The molecule has 3 heteroatoms. The lowest BCUT2D eigenvalue weighted by atomic mass is 9.87. The minimum atomic E-state index is 0.427. The van der Waals surface area contributed by atoms with Gasteiger partial charge in [-0.2, -0.15) is 0 Å². The van der Waals surface area contributed by atoms with Crippen molar-refractivity contribution in [2.75, 3.05) is 19.6 Å². The molecule has 1 aliphatic carbocycles. The number of hydrogen-bond acceptors (Lipinski definition) is 3. The van der Waals surface area contributed by atoms with Crippen LogP contribution in [0.25, 0.3) is 0 Å². The molecule has 104 valence electrons. The summed E-state index contributed by atoms with van der Waals surface area (Å²) in [6.45, 7) is 6.29. The van der Waals surface area contributed by atoms with Crippen LogP contribution in [0, 0.1) is 0 Å². The Bertz CT molecular complexity index is 281. The molecule has 4 atom stereocenters. The van der Waals surface area contributed by atoms with E-state index in [1.165, 1.54) is 64.6 Å². The number of hydrogen-bond donors (Lipinski definition) is 1. The molecule has 0 aromatic heterocycles. The molecule has 4 unspecified atom stereocenters. The first-order chi connectivity index (χ1) is 8.75. The van der Waals surface area contributed by atoms with Crippen LogP contribution in [0.3, 0.4) is 0 Å². The Morgan fingerprint density at radius 1 is 0.944 bits per heavy atom. The highest BCUT2D eigenvalue weighted by Crippen LogP contribution is 2.30. The van der Waals surface area contributed by atoms with E-state index in [0.717, 1.165) is 6.04 Å². The van der Waals surface area contributed by atoms with Crippen LogP contribution in [0.15, 0.2) is 0 Å². The fourth-order valence-electron chi connectivity index (χ4n) is 4.39. The molecule has 3 nitrogen and oxygen atoms in total. The average Bonchev–Trinajstić information content (AvgIpc) is 2.39. The maximum absolute atomic E-state index is 6.38. The molecule has 0 bridgehead atoms. The smallest absolute Gasteiger partial charge is 0.0251 e. The zero-order valence-electron chi connectivity index (χ0n) is 11.9. The van der Waals surface area contributed by atoms with E-state index in [2.05, 4.69) is 16.7 Å². The third kappa shape index (κ3) is 2.45. The zero-order valence-corrected chi connectivity index (χ0v) is 11.9. The van der Waals surface area contributed by atoms with Gasteiger partial charge >= 0.3 is 0 Å². The third-order valence-electron chi connectivity index (χ3n) is 5.44. The Kier molecular flexibility index (Phi) is 3.92. The maximum Gasteiger partial charge on any atom is 0.0251 e. The minimum Gasteiger partial charge on any atom is -0.326 e. The SMILES string of the molecule is CC1CN2CCCCC2CN1C1CCCCC1N. The predicted molar refractivity (Wildman–Crippen MR) is 75.6 cm³/mol. The van der Waals surface area contributed by atoms with E-state index in [9.17, 15) is 0 Å². The number of nitrogens with zero attached hydrogens (tertiary/aromatic N) is 2. The normalized spacial score (nSPS) is 43.7. The fourth-order valence-corrected chi connectivity index (χ4v) is 4.39. The third-order valence-corrected chi connectivity index (χ3v) is 5.44. The summed E-state index contributed by atoms with van der Waals surface area (Å²) in [5.74, 6) is 0. The molecule has 3 rings (SSSR count). The van der Waals surface area contributed by atoms with Crippen molar-refractivity contribution >= 4 is 0 Å². The topological polar surface area (TPSA) is 32.5 Å². The van der Waals surface area contributed by atoms with Crippen LogP contribution in [0.1, 0.15) is 51.9 Å². The molecule has 2 N–H and O–H groups in total. The molecule has 2 heterocycles. The molecule has 3 fully saturated rings. The van der Waals surface area contributed by atoms with Gasteiger partial charge in [0, 0.05) is 37.3 Å². The second-order valence-electron chi connectivity index (χ2n) is 6.71. The van der Waals surface area contributed by atoms with Gasteiger partial charge in [-0.25, -0.2) is 0 Å². The lowest BCUT2D eigenvalue weighted by Gasteiger charge is -2.52. The molecule has 2 aliphatic heterocycles. The number of nitrogens with two attached hydrogens (primary N) is 1. The first-order valence-corrected chi connectivity index (χ1v) is 8.01. The van der Waals surface area contributed by atoms with E-state index in [-0.39, 0.29) is 0 Å². The molecule has 0 radical (unpaired) electrons. The number of piperazine rings is 1. The lowest BCUT2D eigenvalue weighted by molar-refractivity contribution is -0.0206. The van der Waals surface area contributed by atoms with E-state index < -0.39 is 0 Å². The van der Waals surface area contributed by atoms with Crippen molar-refractivity contribution < 1.29 is 0 Å². The number of rotatable bonds is 1. The van der Waals surface area contributed by atoms with Crippen LogP contribution in [0.4, 0.5) is 0 Å². The monoisotopic (exact) mass is 251 g/mol. The summed E-state index contributed by atoms with van der Waals surface area (Å²) in [6.07, 6.45) is 9.54. The van der Waals surface area contributed by atoms with Crippen molar-refractivity contribution in [3.05, 3.63) is 0 Å². The van der Waals surface area contributed by atoms with Crippen molar-refractivity contribution in [1.82, 2.24) is 9.80 Å². The molecular weight excluding hydrogens is 222 g/mol. The second kappa shape index (κ2) is 5.48. The lowest BCUT2D eigenvalue weighted by Crippen LogP contribution is -2.64. The predicted octanol–water partition coefficient (Wildman–Crippen LogP) is 1.81. The molecular formula is C15H29N3. The minimum absolute atomic E-state index is 0.427. The second-order valence-corrected chi connectivity index (χ2v) is 6.71. The zero-order chi connectivity index (χ0) is 12.5. The first-order valence-electron chi connectivity index (χ1n) is 8.01.